The van der Waals surface area contributed by atoms with E-state index in [1.165, 1.54) is 12.1 Å². The summed E-state index contributed by atoms with van der Waals surface area (Å²) in [7, 11) is 3.00. The van der Waals surface area contributed by atoms with Crippen LogP contribution in [0, 0.1) is 6.92 Å². The van der Waals surface area contributed by atoms with Crippen molar-refractivity contribution in [1.82, 2.24) is 5.32 Å². The number of benzene rings is 1. The molecule has 5 nitrogen and oxygen atoms in total. The fourth-order valence-corrected chi connectivity index (χ4v) is 2.94. The van der Waals surface area contributed by atoms with E-state index < -0.39 is 9.05 Å². The minimum atomic E-state index is -3.88. The molecule has 0 aliphatic heterocycles. The van der Waals surface area contributed by atoms with E-state index in [1.807, 2.05) is 0 Å². The van der Waals surface area contributed by atoms with Crippen molar-refractivity contribution in [3.05, 3.63) is 27.7 Å². The zero-order chi connectivity index (χ0) is 15.3. The third-order valence-electron chi connectivity index (χ3n) is 2.65. The molecule has 1 N–H and O–H groups in total. The van der Waals surface area contributed by atoms with Crippen LogP contribution in [0.25, 0.3) is 0 Å². The number of hydrogen-bond acceptors (Lipinski definition) is 4. The maximum Gasteiger partial charge on any atom is 0.261 e. The van der Waals surface area contributed by atoms with Crippen LogP contribution in [0.1, 0.15) is 22.3 Å². The molecule has 0 unspecified atom stereocenters. The molecule has 1 amide bonds. The molecule has 0 atom stereocenters. The van der Waals surface area contributed by atoms with Crippen LogP contribution in [0.4, 0.5) is 0 Å². The first-order valence-electron chi connectivity index (χ1n) is 5.79. The third-order valence-corrected chi connectivity index (χ3v) is 4.81. The molecular formula is C12H15BrClNO4S. The third kappa shape index (κ3) is 4.73. The van der Waals surface area contributed by atoms with Gasteiger partial charge in [0, 0.05) is 41.0 Å². The predicted octanol–water partition coefficient (Wildman–Crippen LogP) is 2.45. The van der Waals surface area contributed by atoms with Crippen LogP contribution in [0.2, 0.25) is 0 Å². The molecule has 1 aromatic carbocycles. The largest absolute Gasteiger partial charge is 0.385 e. The molecule has 0 heterocycles. The number of hydrogen-bond donors (Lipinski definition) is 1. The molecule has 0 saturated carbocycles. The second kappa shape index (κ2) is 7.40. The Kier molecular flexibility index (Phi) is 6.44. The van der Waals surface area contributed by atoms with Crippen molar-refractivity contribution in [3.8, 4) is 0 Å². The van der Waals surface area contributed by atoms with E-state index in [1.54, 1.807) is 14.0 Å². The number of rotatable bonds is 6. The lowest BCUT2D eigenvalue weighted by molar-refractivity contribution is 0.0947. The zero-order valence-electron chi connectivity index (χ0n) is 11.1. The summed E-state index contributed by atoms with van der Waals surface area (Å²) < 4.78 is 28.1. The minimum Gasteiger partial charge on any atom is -0.385 e. The number of amides is 1. The predicted molar refractivity (Wildman–Crippen MR) is 80.7 cm³/mol. The Hall–Kier alpha value is -0.630. The number of nitrogens with one attached hydrogen (secondary N) is 1. The van der Waals surface area contributed by atoms with Gasteiger partial charge >= 0.3 is 0 Å². The van der Waals surface area contributed by atoms with Crippen LogP contribution in [0.5, 0.6) is 0 Å². The molecule has 0 aromatic heterocycles. The maximum atomic E-state index is 12.0. The van der Waals surface area contributed by atoms with Gasteiger partial charge in [0.25, 0.3) is 15.0 Å². The summed E-state index contributed by atoms with van der Waals surface area (Å²) in [5.74, 6) is -0.346. The Morgan fingerprint density at radius 2 is 2.10 bits per heavy atom. The highest BCUT2D eigenvalue weighted by Gasteiger charge is 2.18. The first-order valence-corrected chi connectivity index (χ1v) is 8.89. The summed E-state index contributed by atoms with van der Waals surface area (Å²) in [6, 6.07) is 2.65. The summed E-state index contributed by atoms with van der Waals surface area (Å²) in [6.45, 7) is 2.71. The van der Waals surface area contributed by atoms with Crippen molar-refractivity contribution in [1.29, 1.82) is 0 Å². The van der Waals surface area contributed by atoms with E-state index >= 15 is 0 Å². The van der Waals surface area contributed by atoms with Gasteiger partial charge in [0.05, 0.1) is 4.90 Å². The molecule has 8 heteroatoms. The lowest BCUT2D eigenvalue weighted by Crippen LogP contribution is -2.26. The van der Waals surface area contributed by atoms with Gasteiger partial charge < -0.3 is 10.1 Å². The van der Waals surface area contributed by atoms with Gasteiger partial charge in [0.15, 0.2) is 0 Å². The van der Waals surface area contributed by atoms with E-state index in [9.17, 15) is 13.2 Å². The van der Waals surface area contributed by atoms with Crippen LogP contribution in [-0.2, 0) is 13.8 Å². The van der Waals surface area contributed by atoms with Gasteiger partial charge in [-0.2, -0.15) is 0 Å². The summed E-state index contributed by atoms with van der Waals surface area (Å²) in [5.41, 5.74) is 0.925. The molecule has 0 aliphatic rings. The van der Waals surface area contributed by atoms with Crippen LogP contribution < -0.4 is 5.32 Å². The Morgan fingerprint density at radius 1 is 1.45 bits per heavy atom. The molecule has 0 spiro atoms. The molecule has 1 rings (SSSR count). The van der Waals surface area contributed by atoms with Gasteiger partial charge in [-0.15, -0.1) is 0 Å². The lowest BCUT2D eigenvalue weighted by Gasteiger charge is -2.10. The summed E-state index contributed by atoms with van der Waals surface area (Å²) >= 11 is 3.23. The highest BCUT2D eigenvalue weighted by molar-refractivity contribution is 9.10. The topological polar surface area (TPSA) is 72.5 Å². The Bertz CT molecular complexity index is 604. The molecule has 112 valence electrons. The van der Waals surface area contributed by atoms with E-state index in [0.717, 1.165) is 0 Å². The lowest BCUT2D eigenvalue weighted by atomic mass is 10.1. The highest BCUT2D eigenvalue weighted by atomic mass is 79.9. The van der Waals surface area contributed by atoms with E-state index in [-0.39, 0.29) is 16.4 Å². The smallest absolute Gasteiger partial charge is 0.261 e. The number of halogens is 2. The Balaban J connectivity index is 2.99. The van der Waals surface area contributed by atoms with Crippen LogP contribution >= 0.6 is 26.6 Å². The van der Waals surface area contributed by atoms with Gasteiger partial charge in [0.1, 0.15) is 0 Å². The standard InChI is InChI=1S/C12H15BrClNO4S/c1-8-10(12(16)15-4-3-5-19-2)6-9(7-11(8)13)20(14,17)18/h6-7H,3-5H2,1-2H3,(H,15,16). The van der Waals surface area contributed by atoms with Crippen LogP contribution in [0.3, 0.4) is 0 Å². The van der Waals surface area contributed by atoms with Crippen molar-refractivity contribution in [3.63, 3.8) is 0 Å². The Labute approximate surface area is 131 Å². The average molecular weight is 385 g/mol. The van der Waals surface area contributed by atoms with E-state index in [4.69, 9.17) is 15.4 Å². The van der Waals surface area contributed by atoms with Crippen molar-refractivity contribution < 1.29 is 17.9 Å². The van der Waals surface area contributed by atoms with Gasteiger partial charge in [-0.25, -0.2) is 8.42 Å². The van der Waals surface area contributed by atoms with Gasteiger partial charge in [-0.1, -0.05) is 15.9 Å². The number of carbonyl (C=O) groups excluding carboxylic acids is 1. The first kappa shape index (κ1) is 17.4. The van der Waals surface area contributed by atoms with E-state index in [2.05, 4.69) is 21.2 Å². The SMILES string of the molecule is COCCCNC(=O)c1cc(S(=O)(=O)Cl)cc(Br)c1C. The van der Waals surface area contributed by atoms with Gasteiger partial charge in [-0.05, 0) is 31.0 Å². The molecule has 0 saturated heterocycles. The van der Waals surface area contributed by atoms with Crippen molar-refractivity contribution in [2.75, 3.05) is 20.3 Å². The van der Waals surface area contributed by atoms with Crippen LogP contribution in [-0.4, -0.2) is 34.6 Å². The molecule has 0 fully saturated rings. The molecule has 0 bridgehead atoms. The monoisotopic (exact) mass is 383 g/mol. The maximum absolute atomic E-state index is 12.0. The molecule has 20 heavy (non-hydrogen) atoms. The van der Waals surface area contributed by atoms with Gasteiger partial charge in [0.2, 0.25) is 0 Å². The van der Waals surface area contributed by atoms with Crippen molar-refractivity contribution in [2.45, 2.75) is 18.2 Å². The molecule has 0 radical (unpaired) electrons. The van der Waals surface area contributed by atoms with Gasteiger partial charge in [-0.3, -0.25) is 4.79 Å². The van der Waals surface area contributed by atoms with E-state index in [0.29, 0.717) is 29.6 Å². The van der Waals surface area contributed by atoms with Crippen molar-refractivity contribution in [2.24, 2.45) is 0 Å². The zero-order valence-corrected chi connectivity index (χ0v) is 14.2. The fraction of sp³-hybridized carbons (Fsp3) is 0.417. The number of methoxy groups -OCH3 is 1. The second-order valence-corrected chi connectivity index (χ2v) is 7.54. The summed E-state index contributed by atoms with van der Waals surface area (Å²) in [4.78, 5) is 11.9. The fourth-order valence-electron chi connectivity index (χ4n) is 1.54. The average Bonchev–Trinajstić information content (AvgIpc) is 2.36. The molecular weight excluding hydrogens is 370 g/mol. The highest BCUT2D eigenvalue weighted by Crippen LogP contribution is 2.26. The minimum absolute atomic E-state index is 0.112. The number of carbonyl (C=O) groups is 1. The normalized spacial score (nSPS) is 11.4. The van der Waals surface area contributed by atoms with Crippen molar-refractivity contribution >= 4 is 41.6 Å². The summed E-state index contributed by atoms with van der Waals surface area (Å²) in [5, 5.41) is 2.70. The second-order valence-electron chi connectivity index (χ2n) is 4.12. The van der Waals surface area contributed by atoms with Crippen LogP contribution in [0.15, 0.2) is 21.5 Å². The molecule has 1 aromatic rings. The first-order chi connectivity index (χ1) is 9.27. The summed E-state index contributed by atoms with van der Waals surface area (Å²) in [6.07, 6.45) is 0.677. The Morgan fingerprint density at radius 3 is 2.65 bits per heavy atom. The quantitative estimate of drug-likeness (QED) is 0.604. The number of ether oxygens (including phenoxy) is 1. The molecule has 0 aliphatic carbocycles.